The molecule has 0 aromatic heterocycles. The van der Waals surface area contributed by atoms with E-state index in [2.05, 4.69) is 36.1 Å². The Labute approximate surface area is 170 Å². The van der Waals surface area contributed by atoms with Crippen molar-refractivity contribution in [2.45, 2.75) is 25.9 Å². The van der Waals surface area contributed by atoms with Crippen LogP contribution in [0.2, 0.25) is 10.0 Å². The van der Waals surface area contributed by atoms with Crippen LogP contribution >= 0.6 is 23.2 Å². The summed E-state index contributed by atoms with van der Waals surface area (Å²) in [7, 11) is 0. The van der Waals surface area contributed by atoms with E-state index in [4.69, 9.17) is 28.9 Å². The molecule has 2 aromatic rings. The Morgan fingerprint density at radius 3 is 2.37 bits per heavy atom. The van der Waals surface area contributed by atoms with E-state index in [9.17, 15) is 4.79 Å². The van der Waals surface area contributed by atoms with E-state index in [0.29, 0.717) is 29.6 Å². The van der Waals surface area contributed by atoms with Gasteiger partial charge in [-0.05, 0) is 36.6 Å². The fourth-order valence-corrected chi connectivity index (χ4v) is 3.81. The lowest BCUT2D eigenvalue weighted by Gasteiger charge is -2.36. The van der Waals surface area contributed by atoms with E-state index in [1.807, 2.05) is 11.0 Å². The highest BCUT2D eigenvalue weighted by atomic mass is 35.5. The molecule has 1 amide bonds. The van der Waals surface area contributed by atoms with Crippen molar-refractivity contribution in [3.05, 3.63) is 69.2 Å². The number of halogens is 2. The molecule has 0 radical (unpaired) electrons. The van der Waals surface area contributed by atoms with Crippen LogP contribution in [0.5, 0.6) is 0 Å². The van der Waals surface area contributed by atoms with Crippen LogP contribution in [-0.2, 0) is 17.8 Å². The van der Waals surface area contributed by atoms with Crippen LogP contribution in [0.4, 0.5) is 0 Å². The second-order valence-corrected chi connectivity index (χ2v) is 7.98. The monoisotopic (exact) mass is 405 g/mol. The molecule has 27 heavy (non-hydrogen) atoms. The van der Waals surface area contributed by atoms with E-state index >= 15 is 0 Å². The van der Waals surface area contributed by atoms with Gasteiger partial charge in [0.2, 0.25) is 5.91 Å². The molecular weight excluding hydrogens is 381 g/mol. The van der Waals surface area contributed by atoms with Gasteiger partial charge in [0.15, 0.2) is 0 Å². The molecule has 1 atom stereocenters. The van der Waals surface area contributed by atoms with Gasteiger partial charge in [0, 0.05) is 42.8 Å². The van der Waals surface area contributed by atoms with Gasteiger partial charge in [0.25, 0.3) is 0 Å². The lowest BCUT2D eigenvalue weighted by molar-refractivity contribution is -0.134. The number of carbonyl (C=O) groups excluding carboxylic acids is 1. The summed E-state index contributed by atoms with van der Waals surface area (Å²) < 4.78 is 0. The first-order valence-electron chi connectivity index (χ1n) is 9.18. The third-order valence-corrected chi connectivity index (χ3v) is 5.57. The van der Waals surface area contributed by atoms with Gasteiger partial charge in [-0.2, -0.15) is 0 Å². The Hall–Kier alpha value is -1.59. The largest absolute Gasteiger partial charge is 0.339 e. The van der Waals surface area contributed by atoms with Crippen LogP contribution in [-0.4, -0.2) is 47.9 Å². The Morgan fingerprint density at radius 1 is 1.07 bits per heavy atom. The van der Waals surface area contributed by atoms with Gasteiger partial charge >= 0.3 is 0 Å². The molecule has 1 aliphatic heterocycles. The molecule has 2 N–H and O–H groups in total. The Morgan fingerprint density at radius 2 is 1.74 bits per heavy atom. The smallest absolute Gasteiger partial charge is 0.239 e. The number of nitrogens with two attached hydrogens (primary N) is 1. The van der Waals surface area contributed by atoms with Crippen LogP contribution in [0.1, 0.15) is 16.7 Å². The predicted octanol–water partition coefficient (Wildman–Crippen LogP) is 3.52. The molecule has 1 saturated heterocycles. The average Bonchev–Trinajstić information content (AvgIpc) is 2.66. The Kier molecular flexibility index (Phi) is 6.77. The van der Waals surface area contributed by atoms with Gasteiger partial charge in [-0.15, -0.1) is 0 Å². The zero-order chi connectivity index (χ0) is 19.4. The molecule has 0 aliphatic carbocycles. The lowest BCUT2D eigenvalue weighted by Crippen LogP contribution is -2.53. The summed E-state index contributed by atoms with van der Waals surface area (Å²) >= 11 is 12.1. The molecule has 2 aromatic carbocycles. The summed E-state index contributed by atoms with van der Waals surface area (Å²) in [6.07, 6.45) is 0.415. The van der Waals surface area contributed by atoms with Gasteiger partial charge in [0.05, 0.1) is 6.04 Å². The molecule has 4 nitrogen and oxygen atoms in total. The maximum atomic E-state index is 12.7. The first-order valence-corrected chi connectivity index (χ1v) is 9.94. The minimum atomic E-state index is -0.590. The summed E-state index contributed by atoms with van der Waals surface area (Å²) in [5.41, 5.74) is 9.58. The molecule has 0 spiro atoms. The highest BCUT2D eigenvalue weighted by Crippen LogP contribution is 2.22. The molecular formula is C21H25Cl2N3O. The fourth-order valence-electron chi connectivity index (χ4n) is 3.32. The van der Waals surface area contributed by atoms with Crippen molar-refractivity contribution < 1.29 is 4.79 Å². The normalized spacial score (nSPS) is 16.4. The molecule has 144 valence electrons. The number of hydrogen-bond acceptors (Lipinski definition) is 3. The Bertz CT molecular complexity index is 787. The van der Waals surface area contributed by atoms with Gasteiger partial charge < -0.3 is 10.6 Å². The van der Waals surface area contributed by atoms with Crippen molar-refractivity contribution in [2.75, 3.05) is 26.2 Å². The number of rotatable bonds is 5. The second-order valence-electron chi connectivity index (χ2n) is 7.13. The number of benzene rings is 2. The zero-order valence-corrected chi connectivity index (χ0v) is 17.0. The van der Waals surface area contributed by atoms with Crippen LogP contribution < -0.4 is 5.73 Å². The summed E-state index contributed by atoms with van der Waals surface area (Å²) in [6, 6.07) is 13.3. The molecule has 3 rings (SSSR count). The van der Waals surface area contributed by atoms with Crippen molar-refractivity contribution >= 4 is 29.1 Å². The highest BCUT2D eigenvalue weighted by Gasteiger charge is 2.25. The maximum absolute atomic E-state index is 12.7. The summed E-state index contributed by atoms with van der Waals surface area (Å²) in [5.74, 6) is -0.0176. The van der Waals surface area contributed by atoms with Gasteiger partial charge in [0.1, 0.15) is 0 Å². The minimum absolute atomic E-state index is 0.0176. The molecule has 1 heterocycles. The third-order valence-electron chi connectivity index (χ3n) is 4.98. The lowest BCUT2D eigenvalue weighted by atomic mass is 10.0. The molecule has 1 unspecified atom stereocenters. The Balaban J connectivity index is 1.50. The summed E-state index contributed by atoms with van der Waals surface area (Å²) in [6.45, 7) is 6.12. The minimum Gasteiger partial charge on any atom is -0.339 e. The maximum Gasteiger partial charge on any atom is 0.239 e. The van der Waals surface area contributed by atoms with Crippen LogP contribution in [0, 0.1) is 6.92 Å². The number of aryl methyl sites for hydroxylation is 1. The van der Waals surface area contributed by atoms with Crippen LogP contribution in [0.3, 0.4) is 0 Å². The van der Waals surface area contributed by atoms with E-state index in [-0.39, 0.29) is 5.91 Å². The first kappa shape index (κ1) is 20.2. The van der Waals surface area contributed by atoms with Crippen molar-refractivity contribution in [1.82, 2.24) is 9.80 Å². The van der Waals surface area contributed by atoms with E-state index in [1.54, 1.807) is 12.1 Å². The topological polar surface area (TPSA) is 49.6 Å². The van der Waals surface area contributed by atoms with Gasteiger partial charge in [-0.3, -0.25) is 9.69 Å². The first-order chi connectivity index (χ1) is 12.9. The van der Waals surface area contributed by atoms with Gasteiger partial charge in [-0.25, -0.2) is 0 Å². The van der Waals surface area contributed by atoms with E-state index in [0.717, 1.165) is 25.2 Å². The highest BCUT2D eigenvalue weighted by molar-refractivity contribution is 6.35. The van der Waals surface area contributed by atoms with Crippen molar-refractivity contribution in [1.29, 1.82) is 0 Å². The molecule has 0 saturated carbocycles. The molecule has 1 fully saturated rings. The fraction of sp³-hybridized carbons (Fsp3) is 0.381. The van der Waals surface area contributed by atoms with E-state index < -0.39 is 6.04 Å². The molecule has 1 aliphatic rings. The SMILES string of the molecule is Cc1ccc(CN2CCN(C(=O)C(N)Cc3ccc(Cl)cc3Cl)CC2)cc1. The average molecular weight is 406 g/mol. The zero-order valence-electron chi connectivity index (χ0n) is 15.5. The number of nitrogens with zero attached hydrogens (tertiary/aromatic N) is 2. The number of piperazine rings is 1. The number of amides is 1. The molecule has 6 heteroatoms. The quantitative estimate of drug-likeness (QED) is 0.827. The van der Waals surface area contributed by atoms with Crippen molar-refractivity contribution in [3.8, 4) is 0 Å². The number of carbonyl (C=O) groups is 1. The predicted molar refractivity (Wildman–Crippen MR) is 111 cm³/mol. The van der Waals surface area contributed by atoms with Crippen molar-refractivity contribution in [2.24, 2.45) is 5.73 Å². The standard InChI is InChI=1S/C21H25Cl2N3O/c1-15-2-4-16(5-3-15)14-25-8-10-26(11-9-25)21(27)20(24)12-17-6-7-18(22)13-19(17)23/h2-7,13,20H,8-12,14,24H2,1H3. The van der Waals surface area contributed by atoms with Gasteiger partial charge in [-0.1, -0.05) is 59.1 Å². The number of hydrogen-bond donors (Lipinski definition) is 1. The van der Waals surface area contributed by atoms with Crippen LogP contribution in [0.25, 0.3) is 0 Å². The van der Waals surface area contributed by atoms with Crippen molar-refractivity contribution in [3.63, 3.8) is 0 Å². The molecule has 0 bridgehead atoms. The van der Waals surface area contributed by atoms with E-state index in [1.165, 1.54) is 11.1 Å². The third kappa shape index (κ3) is 5.45. The summed E-state index contributed by atoms with van der Waals surface area (Å²) in [4.78, 5) is 16.9. The van der Waals surface area contributed by atoms with Crippen LogP contribution in [0.15, 0.2) is 42.5 Å². The second kappa shape index (κ2) is 9.07. The summed E-state index contributed by atoms with van der Waals surface area (Å²) in [5, 5.41) is 1.13.